The van der Waals surface area contributed by atoms with Crippen molar-refractivity contribution in [1.82, 2.24) is 14.6 Å². The van der Waals surface area contributed by atoms with Gasteiger partial charge in [-0.25, -0.2) is 4.52 Å². The van der Waals surface area contributed by atoms with E-state index in [0.717, 1.165) is 23.3 Å². The largest absolute Gasteiger partial charge is 0.307 e. The molecule has 4 nitrogen and oxygen atoms in total. The van der Waals surface area contributed by atoms with Crippen molar-refractivity contribution in [3.63, 3.8) is 0 Å². The first kappa shape index (κ1) is 8.71. The molecule has 2 aromatic rings. The second kappa shape index (κ2) is 2.95. The molecule has 0 amide bonds. The summed E-state index contributed by atoms with van der Waals surface area (Å²) in [4.78, 5) is 14.4. The van der Waals surface area contributed by atoms with Gasteiger partial charge in [0.2, 0.25) is 0 Å². The zero-order valence-electron chi connectivity index (χ0n) is 8.66. The van der Waals surface area contributed by atoms with Gasteiger partial charge in [-0.3, -0.25) is 4.79 Å². The van der Waals surface area contributed by atoms with E-state index < -0.39 is 0 Å². The lowest BCUT2D eigenvalue weighted by molar-refractivity contribution is 0.835. The molecule has 1 saturated carbocycles. The number of aromatic nitrogens is 3. The highest BCUT2D eigenvalue weighted by molar-refractivity contribution is 5.47. The minimum atomic E-state index is -0.0143. The van der Waals surface area contributed by atoms with E-state index in [1.165, 1.54) is 12.8 Å². The van der Waals surface area contributed by atoms with Crippen LogP contribution in [0.15, 0.2) is 17.1 Å². The molecule has 0 aromatic carbocycles. The number of H-pyrrole nitrogens is 1. The Balaban J connectivity index is 2.34. The SMILES string of the molecule is CCc1cnn2c(C3CC3)cc(=O)[nH]c12. The number of rotatable bonds is 2. The van der Waals surface area contributed by atoms with Crippen LogP contribution in [-0.2, 0) is 6.42 Å². The van der Waals surface area contributed by atoms with Crippen LogP contribution in [0.2, 0.25) is 0 Å². The average molecular weight is 203 g/mol. The number of aromatic amines is 1. The molecule has 1 N–H and O–H groups in total. The maximum Gasteiger partial charge on any atom is 0.251 e. The normalized spacial score (nSPS) is 16.1. The van der Waals surface area contributed by atoms with E-state index in [1.54, 1.807) is 6.07 Å². The molecule has 0 spiro atoms. The van der Waals surface area contributed by atoms with E-state index in [0.29, 0.717) is 5.92 Å². The molecule has 0 aliphatic heterocycles. The minimum absolute atomic E-state index is 0.0143. The highest BCUT2D eigenvalue weighted by Gasteiger charge is 2.27. The molecule has 2 heterocycles. The molecule has 15 heavy (non-hydrogen) atoms. The monoisotopic (exact) mass is 203 g/mol. The van der Waals surface area contributed by atoms with E-state index in [2.05, 4.69) is 17.0 Å². The maximum atomic E-state index is 11.5. The van der Waals surface area contributed by atoms with Crippen molar-refractivity contribution in [3.05, 3.63) is 33.9 Å². The summed E-state index contributed by atoms with van der Waals surface area (Å²) in [6, 6.07) is 1.68. The summed E-state index contributed by atoms with van der Waals surface area (Å²) >= 11 is 0. The van der Waals surface area contributed by atoms with Gasteiger partial charge in [0, 0.05) is 17.5 Å². The van der Waals surface area contributed by atoms with Crippen molar-refractivity contribution in [3.8, 4) is 0 Å². The average Bonchev–Trinajstić information content (AvgIpc) is 2.98. The lowest BCUT2D eigenvalue weighted by Crippen LogP contribution is -2.11. The summed E-state index contributed by atoms with van der Waals surface area (Å²) in [5, 5.41) is 4.34. The molecule has 2 aromatic heterocycles. The Hall–Kier alpha value is -1.58. The van der Waals surface area contributed by atoms with Crippen LogP contribution in [0.4, 0.5) is 0 Å². The fraction of sp³-hybridized carbons (Fsp3) is 0.455. The number of fused-ring (bicyclic) bond motifs is 1. The summed E-state index contributed by atoms with van der Waals surface area (Å²) in [5.74, 6) is 0.541. The summed E-state index contributed by atoms with van der Waals surface area (Å²) < 4.78 is 1.89. The lowest BCUT2D eigenvalue weighted by atomic mass is 10.2. The van der Waals surface area contributed by atoms with Gasteiger partial charge in [-0.2, -0.15) is 5.10 Å². The van der Waals surface area contributed by atoms with Crippen LogP contribution in [0.25, 0.3) is 5.65 Å². The topological polar surface area (TPSA) is 50.2 Å². The molecule has 0 bridgehead atoms. The van der Waals surface area contributed by atoms with Crippen molar-refractivity contribution >= 4 is 5.65 Å². The molecule has 0 saturated heterocycles. The second-order valence-corrected chi connectivity index (χ2v) is 4.12. The van der Waals surface area contributed by atoms with Gasteiger partial charge >= 0.3 is 0 Å². The molecule has 1 aliphatic rings. The maximum absolute atomic E-state index is 11.5. The Morgan fingerprint density at radius 3 is 3.07 bits per heavy atom. The van der Waals surface area contributed by atoms with Crippen molar-refractivity contribution in [2.45, 2.75) is 32.1 Å². The predicted octanol–water partition coefficient (Wildman–Crippen LogP) is 1.46. The van der Waals surface area contributed by atoms with Crippen molar-refractivity contribution in [1.29, 1.82) is 0 Å². The molecule has 3 rings (SSSR count). The quantitative estimate of drug-likeness (QED) is 0.803. The fourth-order valence-electron chi connectivity index (χ4n) is 1.99. The van der Waals surface area contributed by atoms with Crippen LogP contribution in [0.3, 0.4) is 0 Å². The number of hydrogen-bond donors (Lipinski definition) is 1. The molecule has 0 unspecified atom stereocenters. The van der Waals surface area contributed by atoms with Gasteiger partial charge in [-0.15, -0.1) is 0 Å². The highest BCUT2D eigenvalue weighted by atomic mass is 16.1. The summed E-state index contributed by atoms with van der Waals surface area (Å²) in [6.07, 6.45) is 5.10. The molecule has 4 heteroatoms. The smallest absolute Gasteiger partial charge is 0.251 e. The Morgan fingerprint density at radius 1 is 1.60 bits per heavy atom. The van der Waals surface area contributed by atoms with E-state index in [-0.39, 0.29) is 5.56 Å². The Morgan fingerprint density at radius 2 is 2.40 bits per heavy atom. The molecule has 0 radical (unpaired) electrons. The van der Waals surface area contributed by atoms with E-state index in [9.17, 15) is 4.79 Å². The number of hydrogen-bond acceptors (Lipinski definition) is 2. The summed E-state index contributed by atoms with van der Waals surface area (Å²) in [7, 11) is 0. The first-order valence-corrected chi connectivity index (χ1v) is 5.39. The standard InChI is InChI=1S/C11H13N3O/c1-2-7-6-12-14-9(8-3-4-8)5-10(15)13-11(7)14/h5-6,8H,2-4H2,1H3,(H,13,15). The van der Waals surface area contributed by atoms with Gasteiger partial charge in [-0.1, -0.05) is 6.92 Å². The lowest BCUT2D eigenvalue weighted by Gasteiger charge is -2.02. The van der Waals surface area contributed by atoms with Gasteiger partial charge in [0.05, 0.1) is 11.9 Å². The van der Waals surface area contributed by atoms with Crippen molar-refractivity contribution < 1.29 is 0 Å². The molecule has 1 aliphatic carbocycles. The fourth-order valence-corrected chi connectivity index (χ4v) is 1.99. The predicted molar refractivity (Wildman–Crippen MR) is 57.2 cm³/mol. The van der Waals surface area contributed by atoms with Crippen LogP contribution < -0.4 is 5.56 Å². The molecule has 78 valence electrons. The molecule has 1 fully saturated rings. The third-order valence-corrected chi connectivity index (χ3v) is 2.99. The van der Waals surface area contributed by atoms with Crippen LogP contribution in [0.5, 0.6) is 0 Å². The van der Waals surface area contributed by atoms with E-state index >= 15 is 0 Å². The number of aryl methyl sites for hydroxylation is 1. The molecule has 0 atom stereocenters. The van der Waals surface area contributed by atoms with Gasteiger partial charge in [0.25, 0.3) is 5.56 Å². The summed E-state index contributed by atoms with van der Waals surface area (Å²) in [6.45, 7) is 2.07. The van der Waals surface area contributed by atoms with Gasteiger partial charge in [-0.05, 0) is 19.3 Å². The second-order valence-electron chi connectivity index (χ2n) is 4.12. The van der Waals surface area contributed by atoms with Crippen LogP contribution in [-0.4, -0.2) is 14.6 Å². The van der Waals surface area contributed by atoms with Gasteiger partial charge in [0.15, 0.2) is 0 Å². The number of nitrogens with one attached hydrogen (secondary N) is 1. The first-order chi connectivity index (χ1) is 7.29. The zero-order valence-corrected chi connectivity index (χ0v) is 8.66. The number of nitrogens with zero attached hydrogens (tertiary/aromatic N) is 2. The third-order valence-electron chi connectivity index (χ3n) is 2.99. The van der Waals surface area contributed by atoms with Crippen LogP contribution in [0, 0.1) is 0 Å². The minimum Gasteiger partial charge on any atom is -0.307 e. The van der Waals surface area contributed by atoms with E-state index in [4.69, 9.17) is 0 Å². The summed E-state index contributed by atoms with van der Waals surface area (Å²) in [5.41, 5.74) is 3.02. The van der Waals surface area contributed by atoms with Crippen molar-refractivity contribution in [2.24, 2.45) is 0 Å². The third kappa shape index (κ3) is 1.28. The van der Waals surface area contributed by atoms with Crippen molar-refractivity contribution in [2.75, 3.05) is 0 Å². The van der Waals surface area contributed by atoms with E-state index in [1.807, 2.05) is 10.7 Å². The molecular formula is C11H13N3O. The zero-order chi connectivity index (χ0) is 10.4. The highest BCUT2D eigenvalue weighted by Crippen LogP contribution is 2.39. The molecular weight excluding hydrogens is 190 g/mol. The Labute approximate surface area is 86.9 Å². The van der Waals surface area contributed by atoms with Crippen LogP contribution in [0.1, 0.15) is 36.9 Å². The Kier molecular flexibility index (Phi) is 1.71. The van der Waals surface area contributed by atoms with Gasteiger partial charge in [0.1, 0.15) is 5.65 Å². The van der Waals surface area contributed by atoms with Crippen LogP contribution >= 0.6 is 0 Å². The van der Waals surface area contributed by atoms with Gasteiger partial charge < -0.3 is 4.98 Å². The first-order valence-electron chi connectivity index (χ1n) is 5.39. The Bertz CT molecular complexity index is 563.